The van der Waals surface area contributed by atoms with E-state index >= 15 is 0 Å². The van der Waals surface area contributed by atoms with E-state index in [2.05, 4.69) is 38.2 Å². The van der Waals surface area contributed by atoms with Crippen molar-refractivity contribution in [1.82, 2.24) is 5.32 Å². The largest absolute Gasteiger partial charge is 0.379 e. The van der Waals surface area contributed by atoms with Crippen LogP contribution in [0.15, 0.2) is 85.0 Å². The fourth-order valence-corrected chi connectivity index (χ4v) is 3.56. The van der Waals surface area contributed by atoms with E-state index in [1.807, 2.05) is 79.7 Å². The van der Waals surface area contributed by atoms with Gasteiger partial charge in [-0.1, -0.05) is 106 Å². The molecule has 0 amide bonds. The molecule has 0 saturated heterocycles. The van der Waals surface area contributed by atoms with E-state index in [-0.39, 0.29) is 18.0 Å². The third-order valence-electron chi connectivity index (χ3n) is 5.02. The molecule has 0 aliphatic carbocycles. The SMILES string of the molecule is C/C=C/C=C\[C@H](CC)N[C@@H](C(C)C)C(O)(c1ccccc1)c1ccccc1. The monoisotopic (exact) mass is 363 g/mol. The van der Waals surface area contributed by atoms with E-state index in [4.69, 9.17) is 0 Å². The zero-order valence-electron chi connectivity index (χ0n) is 17.0. The van der Waals surface area contributed by atoms with Gasteiger partial charge in [-0.15, -0.1) is 0 Å². The Morgan fingerprint density at radius 1 is 0.926 bits per heavy atom. The van der Waals surface area contributed by atoms with Gasteiger partial charge in [0.2, 0.25) is 0 Å². The van der Waals surface area contributed by atoms with Gasteiger partial charge >= 0.3 is 0 Å². The summed E-state index contributed by atoms with van der Waals surface area (Å²) in [5, 5.41) is 15.8. The van der Waals surface area contributed by atoms with Crippen molar-refractivity contribution < 1.29 is 5.11 Å². The lowest BCUT2D eigenvalue weighted by Gasteiger charge is -2.41. The van der Waals surface area contributed by atoms with Crippen LogP contribution in [0.2, 0.25) is 0 Å². The molecule has 2 nitrogen and oxygen atoms in total. The molecule has 2 rings (SSSR count). The van der Waals surface area contributed by atoms with Crippen LogP contribution in [-0.2, 0) is 5.60 Å². The van der Waals surface area contributed by atoms with E-state index in [9.17, 15) is 5.11 Å². The fraction of sp³-hybridized carbons (Fsp3) is 0.360. The molecule has 0 aliphatic rings. The summed E-state index contributed by atoms with van der Waals surface area (Å²) in [5.41, 5.74) is 0.711. The Balaban J connectivity index is 2.50. The maximum Gasteiger partial charge on any atom is 0.130 e. The van der Waals surface area contributed by atoms with Crippen molar-refractivity contribution in [2.24, 2.45) is 5.92 Å². The first-order chi connectivity index (χ1) is 13.0. The highest BCUT2D eigenvalue weighted by atomic mass is 16.3. The lowest BCUT2D eigenvalue weighted by Crippen LogP contribution is -2.55. The molecule has 0 heterocycles. The summed E-state index contributed by atoms with van der Waals surface area (Å²) in [6, 6.07) is 20.0. The molecule has 0 fully saturated rings. The second-order valence-electron chi connectivity index (χ2n) is 7.31. The van der Waals surface area contributed by atoms with Crippen LogP contribution in [0.5, 0.6) is 0 Å². The van der Waals surface area contributed by atoms with Crippen molar-refractivity contribution >= 4 is 0 Å². The van der Waals surface area contributed by atoms with Crippen LogP contribution in [0.25, 0.3) is 0 Å². The van der Waals surface area contributed by atoms with Crippen molar-refractivity contribution in [2.75, 3.05) is 0 Å². The second kappa shape index (κ2) is 10.2. The summed E-state index contributed by atoms with van der Waals surface area (Å²) in [7, 11) is 0. The first-order valence-corrected chi connectivity index (χ1v) is 9.93. The van der Waals surface area contributed by atoms with Crippen LogP contribution in [0.4, 0.5) is 0 Å². The molecule has 0 bridgehead atoms. The van der Waals surface area contributed by atoms with Crippen LogP contribution >= 0.6 is 0 Å². The summed E-state index contributed by atoms with van der Waals surface area (Å²) in [6.45, 7) is 8.51. The zero-order chi connectivity index (χ0) is 19.7. The summed E-state index contributed by atoms with van der Waals surface area (Å²) >= 11 is 0. The molecule has 0 saturated carbocycles. The lowest BCUT2D eigenvalue weighted by atomic mass is 9.75. The molecule has 2 heteroatoms. The zero-order valence-corrected chi connectivity index (χ0v) is 17.0. The predicted octanol–water partition coefficient (Wildman–Crippen LogP) is 5.45. The smallest absolute Gasteiger partial charge is 0.130 e. The molecule has 0 radical (unpaired) electrons. The highest BCUT2D eigenvalue weighted by Crippen LogP contribution is 2.36. The fourth-order valence-electron chi connectivity index (χ4n) is 3.56. The number of allylic oxidation sites excluding steroid dienone is 3. The van der Waals surface area contributed by atoms with Crippen LogP contribution in [0.1, 0.15) is 45.2 Å². The standard InChI is InChI=1S/C25H33NO/c1-5-7-10-19-23(6-2)26-24(20(3)4)25(27,21-15-11-8-12-16-21)22-17-13-9-14-18-22/h5,7-20,23-24,26-27H,6H2,1-4H3/b7-5+,19-10-/t23-,24-/m0/s1. The number of aliphatic hydroxyl groups is 1. The number of rotatable bonds is 9. The van der Waals surface area contributed by atoms with Gasteiger partial charge < -0.3 is 10.4 Å². The van der Waals surface area contributed by atoms with Gasteiger partial charge in [0.05, 0.1) is 0 Å². The van der Waals surface area contributed by atoms with Crippen molar-refractivity contribution in [3.63, 3.8) is 0 Å². The third kappa shape index (κ3) is 5.18. The van der Waals surface area contributed by atoms with Gasteiger partial charge in [0.25, 0.3) is 0 Å². The molecular weight excluding hydrogens is 330 g/mol. The van der Waals surface area contributed by atoms with Gasteiger partial charge in [0, 0.05) is 12.1 Å². The minimum absolute atomic E-state index is 0.137. The maximum atomic E-state index is 12.1. The van der Waals surface area contributed by atoms with Crippen molar-refractivity contribution in [3.8, 4) is 0 Å². The molecule has 27 heavy (non-hydrogen) atoms. The minimum atomic E-state index is -1.11. The Morgan fingerprint density at radius 2 is 1.44 bits per heavy atom. The average molecular weight is 364 g/mol. The molecule has 0 unspecified atom stereocenters. The Bertz CT molecular complexity index is 679. The predicted molar refractivity (Wildman–Crippen MR) is 116 cm³/mol. The quantitative estimate of drug-likeness (QED) is 0.581. The summed E-state index contributed by atoms with van der Waals surface area (Å²) in [5.74, 6) is 0.236. The number of benzene rings is 2. The highest BCUT2D eigenvalue weighted by molar-refractivity contribution is 5.38. The Morgan fingerprint density at radius 3 is 1.85 bits per heavy atom. The molecule has 0 aromatic heterocycles. The molecule has 2 atom stereocenters. The number of hydrogen-bond acceptors (Lipinski definition) is 2. The summed E-state index contributed by atoms with van der Waals surface area (Å²) in [4.78, 5) is 0. The van der Waals surface area contributed by atoms with Crippen LogP contribution in [0, 0.1) is 5.92 Å². The number of nitrogens with one attached hydrogen (secondary N) is 1. The molecule has 2 N–H and O–H groups in total. The van der Waals surface area contributed by atoms with Crippen LogP contribution in [0.3, 0.4) is 0 Å². The van der Waals surface area contributed by atoms with Gasteiger partial charge in [-0.2, -0.15) is 0 Å². The first-order valence-electron chi connectivity index (χ1n) is 9.93. The summed E-state index contributed by atoms with van der Waals surface area (Å²) in [6.07, 6.45) is 9.26. The molecular formula is C25H33NO. The average Bonchev–Trinajstić information content (AvgIpc) is 2.71. The molecule has 2 aromatic carbocycles. The van der Waals surface area contributed by atoms with Crippen molar-refractivity contribution in [2.45, 2.75) is 51.8 Å². The van der Waals surface area contributed by atoms with Gasteiger partial charge in [0.1, 0.15) is 5.60 Å². The van der Waals surface area contributed by atoms with Crippen LogP contribution < -0.4 is 5.32 Å². The first kappa shape index (κ1) is 21.1. The molecule has 144 valence electrons. The third-order valence-corrected chi connectivity index (χ3v) is 5.02. The minimum Gasteiger partial charge on any atom is -0.379 e. The summed E-state index contributed by atoms with van der Waals surface area (Å²) < 4.78 is 0. The van der Waals surface area contributed by atoms with Gasteiger partial charge in [-0.3, -0.25) is 0 Å². The van der Waals surface area contributed by atoms with Crippen molar-refractivity contribution in [3.05, 3.63) is 96.1 Å². The molecule has 0 aliphatic heterocycles. The van der Waals surface area contributed by atoms with Gasteiger partial charge in [-0.25, -0.2) is 0 Å². The second-order valence-corrected chi connectivity index (χ2v) is 7.31. The lowest BCUT2D eigenvalue weighted by molar-refractivity contribution is 0.0161. The Kier molecular flexibility index (Phi) is 8.02. The topological polar surface area (TPSA) is 32.3 Å². The van der Waals surface area contributed by atoms with E-state index in [0.29, 0.717) is 0 Å². The van der Waals surface area contributed by atoms with E-state index in [1.165, 1.54) is 0 Å². The Hall–Kier alpha value is -2.16. The molecule has 2 aromatic rings. The molecule has 0 spiro atoms. The van der Waals surface area contributed by atoms with Gasteiger partial charge in [0.15, 0.2) is 0 Å². The maximum absolute atomic E-state index is 12.1. The van der Waals surface area contributed by atoms with Crippen LogP contribution in [-0.4, -0.2) is 17.2 Å². The van der Waals surface area contributed by atoms with E-state index in [0.717, 1.165) is 17.5 Å². The normalized spacial score (nSPS) is 14.9. The van der Waals surface area contributed by atoms with Crippen molar-refractivity contribution in [1.29, 1.82) is 0 Å². The van der Waals surface area contributed by atoms with E-state index < -0.39 is 5.60 Å². The van der Waals surface area contributed by atoms with Gasteiger partial charge in [-0.05, 0) is 30.4 Å². The number of hydrogen-bond donors (Lipinski definition) is 2. The highest BCUT2D eigenvalue weighted by Gasteiger charge is 2.42. The Labute approximate surface area is 164 Å². The van der Waals surface area contributed by atoms with E-state index in [1.54, 1.807) is 0 Å².